The number of ether oxygens (including phenoxy) is 1. The van der Waals surface area contributed by atoms with E-state index in [-0.39, 0.29) is 38.4 Å². The quantitative estimate of drug-likeness (QED) is 0.814. The molecule has 9 heteroatoms. The SMILES string of the molecule is CC(C)c1ccc(OCC(=O)NCc2nnc3n2CC[C@@H](C(F)(F)F)C3)cc1. The van der Waals surface area contributed by atoms with Crippen LogP contribution in [0.2, 0.25) is 0 Å². The molecule has 1 amide bonds. The van der Waals surface area contributed by atoms with Crippen molar-refractivity contribution in [3.63, 3.8) is 0 Å². The van der Waals surface area contributed by atoms with Crippen molar-refractivity contribution in [3.8, 4) is 5.75 Å². The molecule has 0 aliphatic carbocycles. The predicted octanol–water partition coefficient (Wildman–Crippen LogP) is 3.22. The van der Waals surface area contributed by atoms with Gasteiger partial charge in [-0.1, -0.05) is 26.0 Å². The smallest absolute Gasteiger partial charge is 0.392 e. The fourth-order valence-electron chi connectivity index (χ4n) is 3.13. The molecule has 0 bridgehead atoms. The molecule has 1 aliphatic rings. The van der Waals surface area contributed by atoms with Gasteiger partial charge in [-0.25, -0.2) is 0 Å². The van der Waals surface area contributed by atoms with Gasteiger partial charge < -0.3 is 14.6 Å². The zero-order valence-corrected chi connectivity index (χ0v) is 15.8. The number of hydrogen-bond acceptors (Lipinski definition) is 4. The number of carbonyl (C=O) groups is 1. The number of nitrogens with zero attached hydrogens (tertiary/aromatic N) is 3. The Balaban J connectivity index is 1.49. The van der Waals surface area contributed by atoms with Crippen molar-refractivity contribution in [2.75, 3.05) is 6.61 Å². The van der Waals surface area contributed by atoms with E-state index in [1.165, 1.54) is 5.56 Å². The first-order valence-corrected chi connectivity index (χ1v) is 9.21. The lowest BCUT2D eigenvalue weighted by atomic mass is 9.97. The van der Waals surface area contributed by atoms with E-state index in [1.807, 2.05) is 24.3 Å². The van der Waals surface area contributed by atoms with Crippen LogP contribution in [0.5, 0.6) is 5.75 Å². The highest BCUT2D eigenvalue weighted by atomic mass is 19.4. The van der Waals surface area contributed by atoms with E-state index in [0.29, 0.717) is 23.3 Å². The zero-order chi connectivity index (χ0) is 20.3. The number of amides is 1. The lowest BCUT2D eigenvalue weighted by Gasteiger charge is -2.25. The number of hydrogen-bond donors (Lipinski definition) is 1. The molecule has 1 aliphatic heterocycles. The summed E-state index contributed by atoms with van der Waals surface area (Å²) in [6.07, 6.45) is -4.42. The molecule has 3 rings (SSSR count). The molecule has 1 aromatic heterocycles. The normalized spacial score (nSPS) is 16.7. The molecule has 2 heterocycles. The number of aromatic nitrogens is 3. The Hall–Kier alpha value is -2.58. The summed E-state index contributed by atoms with van der Waals surface area (Å²) in [4.78, 5) is 12.0. The minimum Gasteiger partial charge on any atom is -0.484 e. The van der Waals surface area contributed by atoms with Crippen LogP contribution in [-0.4, -0.2) is 33.5 Å². The van der Waals surface area contributed by atoms with Gasteiger partial charge in [-0.05, 0) is 30.0 Å². The highest BCUT2D eigenvalue weighted by Crippen LogP contribution is 2.34. The van der Waals surface area contributed by atoms with Crippen LogP contribution in [0.25, 0.3) is 0 Å². The van der Waals surface area contributed by atoms with E-state index in [0.717, 1.165) is 0 Å². The van der Waals surface area contributed by atoms with Crippen LogP contribution in [0.1, 0.15) is 43.4 Å². The van der Waals surface area contributed by atoms with Gasteiger partial charge in [0.1, 0.15) is 11.6 Å². The van der Waals surface area contributed by atoms with E-state index in [2.05, 4.69) is 29.4 Å². The summed E-state index contributed by atoms with van der Waals surface area (Å²) in [5, 5.41) is 10.4. The van der Waals surface area contributed by atoms with Crippen molar-refractivity contribution in [3.05, 3.63) is 41.5 Å². The second-order valence-corrected chi connectivity index (χ2v) is 7.20. The van der Waals surface area contributed by atoms with Gasteiger partial charge >= 0.3 is 6.18 Å². The van der Waals surface area contributed by atoms with Crippen LogP contribution >= 0.6 is 0 Å². The van der Waals surface area contributed by atoms with E-state index in [4.69, 9.17) is 4.74 Å². The highest BCUT2D eigenvalue weighted by molar-refractivity contribution is 5.77. The van der Waals surface area contributed by atoms with E-state index >= 15 is 0 Å². The minimum atomic E-state index is -4.23. The Bertz CT molecular complexity index is 816. The number of nitrogens with one attached hydrogen (secondary N) is 1. The average molecular weight is 396 g/mol. The number of benzene rings is 1. The summed E-state index contributed by atoms with van der Waals surface area (Å²) in [5.41, 5.74) is 1.18. The Morgan fingerprint density at radius 1 is 1.29 bits per heavy atom. The number of halogens is 3. The third-order valence-corrected chi connectivity index (χ3v) is 4.86. The standard InChI is InChI=1S/C19H23F3N4O2/c1-12(2)13-3-5-15(6-4-13)28-11-18(27)23-10-17-25-24-16-9-14(19(20,21)22)7-8-26(16)17/h3-6,12,14H,7-11H2,1-2H3,(H,23,27)/t14-/m1/s1. The van der Waals surface area contributed by atoms with E-state index in [9.17, 15) is 18.0 Å². The third kappa shape index (κ3) is 4.82. The molecular formula is C19H23F3N4O2. The summed E-state index contributed by atoms with van der Waals surface area (Å²) in [6.45, 7) is 4.32. The maximum atomic E-state index is 12.9. The summed E-state index contributed by atoms with van der Waals surface area (Å²) < 4.78 is 45.7. The molecule has 6 nitrogen and oxygen atoms in total. The van der Waals surface area contributed by atoms with E-state index < -0.39 is 12.1 Å². The van der Waals surface area contributed by atoms with Gasteiger partial charge in [0, 0.05) is 13.0 Å². The van der Waals surface area contributed by atoms with Gasteiger partial charge in [-0.15, -0.1) is 10.2 Å². The lowest BCUT2D eigenvalue weighted by molar-refractivity contribution is -0.179. The Morgan fingerprint density at radius 2 is 2.00 bits per heavy atom. The summed E-state index contributed by atoms with van der Waals surface area (Å²) in [6, 6.07) is 7.53. The topological polar surface area (TPSA) is 69.0 Å². The molecule has 2 aromatic rings. The third-order valence-electron chi connectivity index (χ3n) is 4.86. The molecule has 0 unspecified atom stereocenters. The molecule has 152 valence electrons. The summed E-state index contributed by atoms with van der Waals surface area (Å²) in [7, 11) is 0. The largest absolute Gasteiger partial charge is 0.484 e. The molecule has 0 fully saturated rings. The fourth-order valence-corrected chi connectivity index (χ4v) is 3.13. The molecule has 1 N–H and O–H groups in total. The Morgan fingerprint density at radius 3 is 2.64 bits per heavy atom. The maximum Gasteiger partial charge on any atom is 0.392 e. The first kappa shape index (κ1) is 20.2. The predicted molar refractivity (Wildman–Crippen MR) is 95.8 cm³/mol. The number of alkyl halides is 3. The summed E-state index contributed by atoms with van der Waals surface area (Å²) in [5.74, 6) is 0.0383. The molecule has 28 heavy (non-hydrogen) atoms. The second kappa shape index (κ2) is 8.20. The number of rotatable bonds is 6. The van der Waals surface area contributed by atoms with Crippen molar-refractivity contribution >= 4 is 5.91 Å². The lowest BCUT2D eigenvalue weighted by Crippen LogP contribution is -2.33. The van der Waals surface area contributed by atoms with Gasteiger partial charge in [0.25, 0.3) is 5.91 Å². The first-order valence-electron chi connectivity index (χ1n) is 9.21. The highest BCUT2D eigenvalue weighted by Gasteiger charge is 2.42. The van der Waals surface area contributed by atoms with Crippen LogP contribution < -0.4 is 10.1 Å². The Labute approximate surface area is 161 Å². The molecule has 1 atom stereocenters. The Kier molecular flexibility index (Phi) is 5.90. The van der Waals surface area contributed by atoms with Crippen LogP contribution in [-0.2, 0) is 24.3 Å². The second-order valence-electron chi connectivity index (χ2n) is 7.20. The van der Waals surface area contributed by atoms with Crippen molar-refractivity contribution < 1.29 is 22.7 Å². The van der Waals surface area contributed by atoms with Crippen LogP contribution in [0, 0.1) is 5.92 Å². The summed E-state index contributed by atoms with van der Waals surface area (Å²) >= 11 is 0. The van der Waals surface area contributed by atoms with Crippen molar-refractivity contribution in [2.45, 2.75) is 51.9 Å². The average Bonchev–Trinajstić information content (AvgIpc) is 3.06. The van der Waals surface area contributed by atoms with Gasteiger partial charge in [-0.2, -0.15) is 13.2 Å². The van der Waals surface area contributed by atoms with Crippen LogP contribution in [0.4, 0.5) is 13.2 Å². The van der Waals surface area contributed by atoms with Gasteiger partial charge in [0.05, 0.1) is 12.5 Å². The first-order chi connectivity index (χ1) is 13.2. The molecule has 0 saturated heterocycles. The molecule has 0 radical (unpaired) electrons. The van der Waals surface area contributed by atoms with Crippen LogP contribution in [0.15, 0.2) is 24.3 Å². The maximum absolute atomic E-state index is 12.9. The number of fused-ring (bicyclic) bond motifs is 1. The van der Waals surface area contributed by atoms with Crippen molar-refractivity contribution in [1.82, 2.24) is 20.1 Å². The van der Waals surface area contributed by atoms with Crippen molar-refractivity contribution in [1.29, 1.82) is 0 Å². The van der Waals surface area contributed by atoms with E-state index in [1.54, 1.807) is 4.57 Å². The molecule has 1 aromatic carbocycles. The van der Waals surface area contributed by atoms with Crippen LogP contribution in [0.3, 0.4) is 0 Å². The molecular weight excluding hydrogens is 373 g/mol. The van der Waals surface area contributed by atoms with Crippen molar-refractivity contribution in [2.24, 2.45) is 5.92 Å². The minimum absolute atomic E-state index is 0.00896. The zero-order valence-electron chi connectivity index (χ0n) is 15.8. The number of carbonyl (C=O) groups excluding carboxylic acids is 1. The molecule has 0 saturated carbocycles. The van der Waals surface area contributed by atoms with Gasteiger partial charge in [-0.3, -0.25) is 4.79 Å². The fraction of sp³-hybridized carbons (Fsp3) is 0.526. The van der Waals surface area contributed by atoms with Gasteiger partial charge in [0.15, 0.2) is 12.4 Å². The monoisotopic (exact) mass is 396 g/mol. The molecule has 0 spiro atoms. The van der Waals surface area contributed by atoms with Gasteiger partial charge in [0.2, 0.25) is 0 Å².